The summed E-state index contributed by atoms with van der Waals surface area (Å²) in [5.41, 5.74) is 6.01. The zero-order valence-corrected chi connectivity index (χ0v) is 23.7. The zero-order chi connectivity index (χ0) is 29.3. The number of ether oxygens (including phenoxy) is 3. The molecule has 6 aromatic rings. The van der Waals surface area contributed by atoms with E-state index in [1.54, 1.807) is 31.3 Å². The first-order chi connectivity index (χ1) is 21.1. The minimum atomic E-state index is -0.227. The lowest BCUT2D eigenvalue weighted by Gasteiger charge is -2.26. The van der Waals surface area contributed by atoms with Crippen LogP contribution in [-0.4, -0.2) is 49.8 Å². The molecule has 7 rings (SSSR count). The van der Waals surface area contributed by atoms with Crippen LogP contribution in [0, 0.1) is 6.92 Å². The van der Waals surface area contributed by atoms with E-state index in [4.69, 9.17) is 29.1 Å². The number of aryl methyl sites for hydroxylation is 1. The van der Waals surface area contributed by atoms with Crippen molar-refractivity contribution in [2.75, 3.05) is 14.2 Å². The largest absolute Gasteiger partial charge is 0.493 e. The molecule has 11 heteroatoms. The van der Waals surface area contributed by atoms with Gasteiger partial charge in [-0.05, 0) is 42.8 Å². The third-order valence-electron chi connectivity index (χ3n) is 7.28. The molecule has 0 fully saturated rings. The number of fused-ring (bicyclic) bond motifs is 4. The highest BCUT2D eigenvalue weighted by molar-refractivity contribution is 5.80. The number of benzene rings is 3. The molecule has 0 saturated carbocycles. The van der Waals surface area contributed by atoms with Gasteiger partial charge >= 0.3 is 0 Å². The van der Waals surface area contributed by atoms with Crippen molar-refractivity contribution in [2.24, 2.45) is 5.16 Å². The molecule has 214 valence electrons. The van der Waals surface area contributed by atoms with Gasteiger partial charge in [-0.15, -0.1) is 5.10 Å². The molecule has 4 heterocycles. The normalized spacial score (nSPS) is 13.9. The Morgan fingerprint density at radius 3 is 2.44 bits per heavy atom. The fourth-order valence-corrected chi connectivity index (χ4v) is 5.33. The fourth-order valence-electron chi connectivity index (χ4n) is 5.33. The third-order valence-corrected chi connectivity index (χ3v) is 7.28. The molecule has 0 spiro atoms. The first-order valence-corrected chi connectivity index (χ1v) is 13.6. The number of methoxy groups -OCH3 is 2. The molecule has 3 aromatic carbocycles. The van der Waals surface area contributed by atoms with Crippen molar-refractivity contribution in [3.63, 3.8) is 0 Å². The van der Waals surface area contributed by atoms with Gasteiger partial charge in [0.2, 0.25) is 11.8 Å². The zero-order valence-electron chi connectivity index (χ0n) is 23.7. The number of aromatic nitrogens is 6. The van der Waals surface area contributed by atoms with E-state index >= 15 is 0 Å². The van der Waals surface area contributed by atoms with Crippen molar-refractivity contribution < 1.29 is 19.0 Å². The van der Waals surface area contributed by atoms with Gasteiger partial charge in [0.05, 0.1) is 48.9 Å². The Hall–Kier alpha value is -5.71. The first-order valence-electron chi connectivity index (χ1n) is 13.6. The van der Waals surface area contributed by atoms with E-state index in [-0.39, 0.29) is 12.5 Å². The predicted octanol–water partition coefficient (Wildman–Crippen LogP) is 5.47. The Morgan fingerprint density at radius 1 is 0.907 bits per heavy atom. The molecule has 0 amide bonds. The van der Waals surface area contributed by atoms with Crippen LogP contribution in [0.2, 0.25) is 0 Å². The smallest absolute Gasteiger partial charge is 0.230 e. The number of rotatable bonds is 8. The van der Waals surface area contributed by atoms with Gasteiger partial charge in [-0.3, -0.25) is 0 Å². The van der Waals surface area contributed by atoms with Crippen LogP contribution in [0.4, 0.5) is 0 Å². The Kier molecular flexibility index (Phi) is 6.66. The molecule has 0 N–H and O–H groups in total. The molecule has 1 atom stereocenters. The lowest BCUT2D eigenvalue weighted by Crippen LogP contribution is -2.16. The van der Waals surface area contributed by atoms with Crippen LogP contribution in [0.25, 0.3) is 11.3 Å². The summed E-state index contributed by atoms with van der Waals surface area (Å²) in [6, 6.07) is 25.6. The Labute approximate surface area is 246 Å². The standard InChI is InChI=1S/C32H27N7O4/c1-20-27-28(22-10-6-4-7-11-22)29-30-35-26(18-42-34-17-21-14-15-24(40-2)25(16-21)41-3)37-38(30)19-33-31(29)43-32(27)39(36-20)23-12-8-5-9-13-23/h4-17,19,28H,18H2,1-3H3/b34-17-/t28-/m0/s1. The molecule has 3 aromatic heterocycles. The Bertz CT molecular complexity index is 1950. The van der Waals surface area contributed by atoms with Crippen molar-refractivity contribution in [3.8, 4) is 28.9 Å². The summed E-state index contributed by atoms with van der Waals surface area (Å²) in [6.45, 7) is 2.06. The van der Waals surface area contributed by atoms with E-state index in [2.05, 4.69) is 27.4 Å². The molecule has 43 heavy (non-hydrogen) atoms. The van der Waals surface area contributed by atoms with Crippen LogP contribution in [-0.2, 0) is 11.4 Å². The molecule has 0 radical (unpaired) electrons. The number of para-hydroxylation sites is 1. The van der Waals surface area contributed by atoms with Crippen molar-refractivity contribution in [3.05, 3.63) is 119 Å². The second-order valence-electron chi connectivity index (χ2n) is 9.88. The average Bonchev–Trinajstić information content (AvgIpc) is 3.63. The summed E-state index contributed by atoms with van der Waals surface area (Å²) in [5.74, 6) is 2.56. The van der Waals surface area contributed by atoms with Gasteiger partial charge in [0, 0.05) is 5.56 Å². The van der Waals surface area contributed by atoms with E-state index in [9.17, 15) is 0 Å². The van der Waals surface area contributed by atoms with E-state index < -0.39 is 0 Å². The van der Waals surface area contributed by atoms with Gasteiger partial charge in [0.15, 0.2) is 29.6 Å². The SMILES string of the molecule is COc1ccc(/C=N\OCc2nc3c4c(ncn3n2)Oc2c(c(C)nn2-c2ccccc2)[C@@H]4c2ccccc2)cc1OC. The number of hydrogen-bond donors (Lipinski definition) is 0. The van der Waals surface area contributed by atoms with Crippen molar-refractivity contribution in [1.29, 1.82) is 0 Å². The molecule has 0 unspecified atom stereocenters. The van der Waals surface area contributed by atoms with E-state index in [1.807, 2.05) is 78.3 Å². The maximum absolute atomic E-state index is 6.47. The summed E-state index contributed by atoms with van der Waals surface area (Å²) >= 11 is 0. The first kappa shape index (κ1) is 26.2. The molecular formula is C32H27N7O4. The lowest BCUT2D eigenvalue weighted by atomic mass is 9.84. The van der Waals surface area contributed by atoms with Crippen LogP contribution in [0.1, 0.15) is 39.7 Å². The topological polar surface area (TPSA) is 110 Å². The highest BCUT2D eigenvalue weighted by Gasteiger charge is 2.38. The molecule has 11 nitrogen and oxygen atoms in total. The van der Waals surface area contributed by atoms with Gasteiger partial charge < -0.3 is 19.0 Å². The fraction of sp³-hybridized carbons (Fsp3) is 0.156. The van der Waals surface area contributed by atoms with E-state index in [1.165, 1.54) is 0 Å². The van der Waals surface area contributed by atoms with Crippen LogP contribution < -0.4 is 14.2 Å². The predicted molar refractivity (Wildman–Crippen MR) is 158 cm³/mol. The third kappa shape index (κ3) is 4.70. The van der Waals surface area contributed by atoms with Gasteiger partial charge in [-0.25, -0.2) is 19.2 Å². The van der Waals surface area contributed by atoms with Crippen LogP contribution in [0.15, 0.2) is 90.3 Å². The lowest BCUT2D eigenvalue weighted by molar-refractivity contribution is 0.126. The van der Waals surface area contributed by atoms with Gasteiger partial charge in [0.1, 0.15) is 6.33 Å². The quantitative estimate of drug-likeness (QED) is 0.174. The van der Waals surface area contributed by atoms with Gasteiger partial charge in [-0.2, -0.15) is 5.10 Å². The molecular weight excluding hydrogens is 546 g/mol. The maximum Gasteiger partial charge on any atom is 0.230 e. The van der Waals surface area contributed by atoms with Crippen LogP contribution in [0.5, 0.6) is 23.3 Å². The summed E-state index contributed by atoms with van der Waals surface area (Å²) in [5, 5.41) is 13.6. The van der Waals surface area contributed by atoms with Gasteiger partial charge in [0.25, 0.3) is 0 Å². The van der Waals surface area contributed by atoms with Crippen molar-refractivity contribution in [2.45, 2.75) is 19.4 Å². The van der Waals surface area contributed by atoms with Gasteiger partial charge in [-0.1, -0.05) is 53.7 Å². The maximum atomic E-state index is 6.47. The second-order valence-corrected chi connectivity index (χ2v) is 9.88. The average molecular weight is 574 g/mol. The van der Waals surface area contributed by atoms with Crippen LogP contribution in [0.3, 0.4) is 0 Å². The van der Waals surface area contributed by atoms with Crippen LogP contribution >= 0.6 is 0 Å². The Balaban J connectivity index is 1.24. The summed E-state index contributed by atoms with van der Waals surface area (Å²) < 4.78 is 20.6. The number of hydrogen-bond acceptors (Lipinski definition) is 9. The highest BCUT2D eigenvalue weighted by atomic mass is 16.6. The summed E-state index contributed by atoms with van der Waals surface area (Å²) in [7, 11) is 3.18. The monoisotopic (exact) mass is 573 g/mol. The summed E-state index contributed by atoms with van der Waals surface area (Å²) in [6.07, 6.45) is 3.19. The van der Waals surface area contributed by atoms with E-state index in [0.717, 1.165) is 33.6 Å². The molecule has 0 saturated heterocycles. The molecule has 1 aliphatic heterocycles. The number of oxime groups is 1. The molecule has 1 aliphatic rings. The number of nitrogens with zero attached hydrogens (tertiary/aromatic N) is 7. The van der Waals surface area contributed by atoms with E-state index in [0.29, 0.717) is 34.7 Å². The molecule has 0 aliphatic carbocycles. The minimum Gasteiger partial charge on any atom is -0.493 e. The highest BCUT2D eigenvalue weighted by Crippen LogP contribution is 2.49. The summed E-state index contributed by atoms with van der Waals surface area (Å²) in [4.78, 5) is 15.0. The minimum absolute atomic E-state index is 0.0628. The molecule has 0 bridgehead atoms. The second kappa shape index (κ2) is 10.9. The van der Waals surface area contributed by atoms with Crippen molar-refractivity contribution >= 4 is 11.9 Å². The Morgan fingerprint density at radius 2 is 1.67 bits per heavy atom. The van der Waals surface area contributed by atoms with Crippen molar-refractivity contribution in [1.82, 2.24) is 29.4 Å².